The highest BCUT2D eigenvalue weighted by molar-refractivity contribution is 5.32. The molecule has 1 aliphatic carbocycles. The summed E-state index contributed by atoms with van der Waals surface area (Å²) in [5.41, 5.74) is 1.70. The summed E-state index contributed by atoms with van der Waals surface area (Å²) in [5.74, 6) is 0.363. The predicted octanol–water partition coefficient (Wildman–Crippen LogP) is 2.77. The maximum atomic E-state index is 9.35. The Morgan fingerprint density at radius 1 is 1.12 bits per heavy atom. The molecular weight excluding hydrogens is 198 g/mol. The molecule has 1 saturated carbocycles. The minimum atomic E-state index is 0.317. The Labute approximate surface area is 97.9 Å². The number of benzene rings is 1. The number of nitrogens with zero attached hydrogens (tertiary/aromatic N) is 1. The molecule has 2 heteroatoms. The van der Waals surface area contributed by atoms with E-state index in [-0.39, 0.29) is 0 Å². The molecule has 0 unspecified atom stereocenters. The van der Waals surface area contributed by atoms with Crippen LogP contribution >= 0.6 is 0 Å². The summed E-state index contributed by atoms with van der Waals surface area (Å²) in [6, 6.07) is 7.80. The normalized spacial score (nSPS) is 19.2. The topological polar surface area (TPSA) is 23.5 Å². The Morgan fingerprint density at radius 2 is 1.69 bits per heavy atom. The van der Waals surface area contributed by atoms with Gasteiger partial charge >= 0.3 is 0 Å². The average Bonchev–Trinajstić information content (AvgIpc) is 2.67. The summed E-state index contributed by atoms with van der Waals surface area (Å²) in [7, 11) is 4.28. The largest absolute Gasteiger partial charge is 0.508 e. The van der Waals surface area contributed by atoms with Crippen LogP contribution in [-0.4, -0.2) is 30.6 Å². The lowest BCUT2D eigenvalue weighted by Crippen LogP contribution is -2.35. The second-order valence-electron chi connectivity index (χ2n) is 5.27. The molecule has 88 valence electrons. The van der Waals surface area contributed by atoms with Crippen molar-refractivity contribution in [2.75, 3.05) is 20.6 Å². The van der Waals surface area contributed by atoms with Crippen LogP contribution in [0.1, 0.15) is 31.2 Å². The van der Waals surface area contributed by atoms with Gasteiger partial charge in [-0.2, -0.15) is 0 Å². The van der Waals surface area contributed by atoms with Gasteiger partial charge in [-0.15, -0.1) is 0 Å². The molecule has 0 saturated heterocycles. The molecule has 0 amide bonds. The minimum Gasteiger partial charge on any atom is -0.508 e. The number of phenolic OH excluding ortho intramolecular Hbond substituents is 1. The van der Waals surface area contributed by atoms with Gasteiger partial charge in [0.25, 0.3) is 0 Å². The second-order valence-corrected chi connectivity index (χ2v) is 5.27. The van der Waals surface area contributed by atoms with E-state index in [4.69, 9.17) is 0 Å². The molecule has 1 aliphatic rings. The molecule has 2 rings (SSSR count). The van der Waals surface area contributed by atoms with E-state index in [1.165, 1.54) is 31.2 Å². The molecule has 2 nitrogen and oxygen atoms in total. The lowest BCUT2D eigenvalue weighted by molar-refractivity contribution is 0.283. The molecule has 1 N–H and O–H groups in total. The van der Waals surface area contributed by atoms with Gasteiger partial charge in [-0.1, -0.05) is 25.0 Å². The molecular formula is C14H21NO. The Balaban J connectivity index is 2.28. The van der Waals surface area contributed by atoms with E-state index in [9.17, 15) is 5.11 Å². The molecule has 0 radical (unpaired) electrons. The maximum absolute atomic E-state index is 9.35. The van der Waals surface area contributed by atoms with Crippen molar-refractivity contribution in [3.05, 3.63) is 29.8 Å². The lowest BCUT2D eigenvalue weighted by Gasteiger charge is -2.32. The molecule has 1 aromatic carbocycles. The second kappa shape index (κ2) is 4.46. The summed E-state index contributed by atoms with van der Waals surface area (Å²) in [6.07, 6.45) is 5.20. The fourth-order valence-electron chi connectivity index (χ4n) is 3.01. The Morgan fingerprint density at radius 3 is 2.19 bits per heavy atom. The van der Waals surface area contributed by atoms with Crippen LogP contribution in [-0.2, 0) is 5.41 Å². The molecule has 0 bridgehead atoms. The SMILES string of the molecule is CN(C)CC1(c2ccc(O)cc2)CCCC1. The third kappa shape index (κ3) is 2.22. The molecule has 0 atom stereocenters. The molecule has 1 aromatic rings. The number of phenols is 1. The van der Waals surface area contributed by atoms with Gasteiger partial charge in [-0.05, 0) is 44.6 Å². The molecule has 0 aromatic heterocycles. The van der Waals surface area contributed by atoms with Gasteiger partial charge in [0, 0.05) is 12.0 Å². The fraction of sp³-hybridized carbons (Fsp3) is 0.571. The van der Waals surface area contributed by atoms with Crippen molar-refractivity contribution in [2.45, 2.75) is 31.1 Å². The van der Waals surface area contributed by atoms with E-state index in [2.05, 4.69) is 31.1 Å². The lowest BCUT2D eigenvalue weighted by atomic mass is 9.78. The first-order chi connectivity index (χ1) is 7.62. The highest BCUT2D eigenvalue weighted by Crippen LogP contribution is 2.41. The van der Waals surface area contributed by atoms with Crippen LogP contribution in [0.2, 0.25) is 0 Å². The van der Waals surface area contributed by atoms with Gasteiger partial charge in [0.05, 0.1) is 0 Å². The van der Waals surface area contributed by atoms with E-state index in [0.29, 0.717) is 11.2 Å². The summed E-state index contributed by atoms with van der Waals surface area (Å²) < 4.78 is 0. The first kappa shape index (κ1) is 11.5. The van der Waals surface area contributed by atoms with Crippen LogP contribution in [0.5, 0.6) is 5.75 Å². The monoisotopic (exact) mass is 219 g/mol. The zero-order chi connectivity index (χ0) is 11.6. The van der Waals surface area contributed by atoms with Crippen molar-refractivity contribution < 1.29 is 5.11 Å². The van der Waals surface area contributed by atoms with Crippen LogP contribution in [0.25, 0.3) is 0 Å². The molecule has 0 heterocycles. The van der Waals surface area contributed by atoms with Crippen LogP contribution < -0.4 is 0 Å². The zero-order valence-corrected chi connectivity index (χ0v) is 10.2. The van der Waals surface area contributed by atoms with Crippen LogP contribution in [0, 0.1) is 0 Å². The summed E-state index contributed by atoms with van der Waals surface area (Å²) >= 11 is 0. The standard InChI is InChI=1S/C14H21NO/c1-15(2)11-14(9-3-4-10-14)12-5-7-13(16)8-6-12/h5-8,16H,3-4,9-11H2,1-2H3. The van der Waals surface area contributed by atoms with E-state index in [1.54, 1.807) is 0 Å². The highest BCUT2D eigenvalue weighted by atomic mass is 16.3. The van der Waals surface area contributed by atoms with Gasteiger partial charge in [0.2, 0.25) is 0 Å². The minimum absolute atomic E-state index is 0.317. The van der Waals surface area contributed by atoms with Crippen molar-refractivity contribution in [1.29, 1.82) is 0 Å². The van der Waals surface area contributed by atoms with Crippen molar-refractivity contribution in [3.8, 4) is 5.75 Å². The Bertz CT molecular complexity index is 336. The van der Waals surface area contributed by atoms with E-state index < -0.39 is 0 Å². The maximum Gasteiger partial charge on any atom is 0.115 e. The Hall–Kier alpha value is -1.02. The number of hydrogen-bond acceptors (Lipinski definition) is 2. The first-order valence-corrected chi connectivity index (χ1v) is 6.07. The third-order valence-electron chi connectivity index (χ3n) is 3.66. The van der Waals surface area contributed by atoms with Crippen LogP contribution in [0.4, 0.5) is 0 Å². The number of hydrogen-bond donors (Lipinski definition) is 1. The van der Waals surface area contributed by atoms with Gasteiger partial charge < -0.3 is 10.0 Å². The zero-order valence-electron chi connectivity index (χ0n) is 10.2. The van der Waals surface area contributed by atoms with Crippen molar-refractivity contribution in [1.82, 2.24) is 4.90 Å². The molecule has 16 heavy (non-hydrogen) atoms. The van der Waals surface area contributed by atoms with Gasteiger partial charge in [0.15, 0.2) is 0 Å². The van der Waals surface area contributed by atoms with Crippen molar-refractivity contribution >= 4 is 0 Å². The number of likely N-dealkylation sites (N-methyl/N-ethyl adjacent to an activating group) is 1. The van der Waals surface area contributed by atoms with E-state index in [1.807, 2.05) is 12.1 Å². The van der Waals surface area contributed by atoms with Gasteiger partial charge in [-0.25, -0.2) is 0 Å². The summed E-state index contributed by atoms with van der Waals surface area (Å²) in [4.78, 5) is 2.28. The highest BCUT2D eigenvalue weighted by Gasteiger charge is 2.35. The van der Waals surface area contributed by atoms with Gasteiger partial charge in [-0.3, -0.25) is 0 Å². The number of rotatable bonds is 3. The summed E-state index contributed by atoms with van der Waals surface area (Å²) in [5, 5.41) is 9.35. The number of aromatic hydroxyl groups is 1. The smallest absolute Gasteiger partial charge is 0.115 e. The molecule has 1 fully saturated rings. The first-order valence-electron chi connectivity index (χ1n) is 6.07. The van der Waals surface area contributed by atoms with Crippen LogP contribution in [0.15, 0.2) is 24.3 Å². The predicted molar refractivity (Wildman–Crippen MR) is 66.8 cm³/mol. The average molecular weight is 219 g/mol. The van der Waals surface area contributed by atoms with Crippen molar-refractivity contribution in [2.24, 2.45) is 0 Å². The quantitative estimate of drug-likeness (QED) is 0.845. The fourth-order valence-corrected chi connectivity index (χ4v) is 3.01. The van der Waals surface area contributed by atoms with Gasteiger partial charge in [0.1, 0.15) is 5.75 Å². The summed E-state index contributed by atoms with van der Waals surface area (Å²) in [6.45, 7) is 1.11. The van der Waals surface area contributed by atoms with E-state index >= 15 is 0 Å². The molecule has 0 spiro atoms. The van der Waals surface area contributed by atoms with Crippen LogP contribution in [0.3, 0.4) is 0 Å². The Kier molecular flexibility index (Phi) is 3.20. The third-order valence-corrected chi connectivity index (χ3v) is 3.66. The van der Waals surface area contributed by atoms with E-state index in [0.717, 1.165) is 6.54 Å². The van der Waals surface area contributed by atoms with Crippen molar-refractivity contribution in [3.63, 3.8) is 0 Å². The molecule has 0 aliphatic heterocycles.